The molecular formula is C6H13ClN2O3. The molecular weight excluding hydrogens is 184 g/mol. The van der Waals surface area contributed by atoms with Gasteiger partial charge in [0.25, 0.3) is 0 Å². The minimum absolute atomic E-state index is 0. The molecule has 1 amide bonds. The quantitative estimate of drug-likeness (QED) is 0.559. The first kappa shape index (κ1) is 13.8. The Bertz CT molecular complexity index is 172. The monoisotopic (exact) mass is 196 g/mol. The molecule has 5 nitrogen and oxygen atoms in total. The van der Waals surface area contributed by atoms with Crippen LogP contribution in [-0.2, 0) is 9.59 Å². The summed E-state index contributed by atoms with van der Waals surface area (Å²) in [6, 6.07) is -1.55. The zero-order valence-corrected chi connectivity index (χ0v) is 7.72. The van der Waals surface area contributed by atoms with Crippen molar-refractivity contribution in [3.8, 4) is 0 Å². The second-order valence-electron chi connectivity index (χ2n) is 2.36. The lowest BCUT2D eigenvalue weighted by molar-refractivity contribution is -0.141. The highest BCUT2D eigenvalue weighted by Crippen LogP contribution is 1.83. The zero-order valence-electron chi connectivity index (χ0n) is 6.90. The number of halogens is 1. The maximum atomic E-state index is 10.8. The molecule has 0 heterocycles. The van der Waals surface area contributed by atoms with Crippen LogP contribution in [0.4, 0.5) is 0 Å². The lowest BCUT2D eigenvalue weighted by Crippen LogP contribution is -2.45. The van der Waals surface area contributed by atoms with E-state index in [-0.39, 0.29) is 12.4 Å². The average molecular weight is 197 g/mol. The first-order valence-electron chi connectivity index (χ1n) is 3.24. The molecule has 0 aliphatic rings. The first-order chi connectivity index (χ1) is 4.95. The number of carbonyl (C=O) groups is 2. The van der Waals surface area contributed by atoms with E-state index in [4.69, 9.17) is 10.8 Å². The van der Waals surface area contributed by atoms with Crippen molar-refractivity contribution < 1.29 is 14.7 Å². The topological polar surface area (TPSA) is 92.4 Å². The summed E-state index contributed by atoms with van der Waals surface area (Å²) in [7, 11) is 0. The minimum Gasteiger partial charge on any atom is -0.480 e. The van der Waals surface area contributed by atoms with E-state index in [2.05, 4.69) is 5.32 Å². The van der Waals surface area contributed by atoms with Crippen LogP contribution >= 0.6 is 12.4 Å². The third-order valence-corrected chi connectivity index (χ3v) is 1.14. The molecule has 4 N–H and O–H groups in total. The predicted molar refractivity (Wildman–Crippen MR) is 46.1 cm³/mol. The minimum atomic E-state index is -1.07. The number of aliphatic carboxylic acids is 1. The molecule has 0 radical (unpaired) electrons. The maximum Gasteiger partial charge on any atom is 0.325 e. The van der Waals surface area contributed by atoms with Crippen LogP contribution in [0.25, 0.3) is 0 Å². The summed E-state index contributed by atoms with van der Waals surface area (Å²) in [5.74, 6) is -1.53. The van der Waals surface area contributed by atoms with E-state index in [1.165, 1.54) is 13.8 Å². The fraction of sp³-hybridized carbons (Fsp3) is 0.667. The number of amides is 1. The third-order valence-electron chi connectivity index (χ3n) is 1.14. The second-order valence-corrected chi connectivity index (χ2v) is 2.36. The van der Waals surface area contributed by atoms with Crippen LogP contribution in [0.15, 0.2) is 0 Å². The van der Waals surface area contributed by atoms with E-state index >= 15 is 0 Å². The number of hydrogen-bond acceptors (Lipinski definition) is 3. The van der Waals surface area contributed by atoms with Gasteiger partial charge in [-0.05, 0) is 13.8 Å². The maximum absolute atomic E-state index is 10.8. The second kappa shape index (κ2) is 5.79. The van der Waals surface area contributed by atoms with E-state index < -0.39 is 24.0 Å². The predicted octanol–water partition coefficient (Wildman–Crippen LogP) is -0.655. The van der Waals surface area contributed by atoms with Gasteiger partial charge in [-0.25, -0.2) is 0 Å². The summed E-state index contributed by atoms with van der Waals surface area (Å²) in [5.41, 5.74) is 5.18. The normalized spacial score (nSPS) is 13.9. The SMILES string of the molecule is CC(N)C(=O)NC(C)C(=O)O.Cl. The number of nitrogens with two attached hydrogens (primary N) is 1. The van der Waals surface area contributed by atoms with Gasteiger partial charge in [0.2, 0.25) is 5.91 Å². The summed E-state index contributed by atoms with van der Waals surface area (Å²) >= 11 is 0. The highest BCUT2D eigenvalue weighted by Gasteiger charge is 2.15. The highest BCUT2D eigenvalue weighted by molar-refractivity contribution is 5.86. The number of rotatable bonds is 3. The average Bonchev–Trinajstić information content (AvgIpc) is 1.87. The third kappa shape index (κ3) is 4.92. The molecule has 0 saturated carbocycles. The summed E-state index contributed by atoms with van der Waals surface area (Å²) in [5, 5.41) is 10.6. The van der Waals surface area contributed by atoms with Crippen molar-refractivity contribution in [3.05, 3.63) is 0 Å². The van der Waals surface area contributed by atoms with E-state index in [9.17, 15) is 9.59 Å². The molecule has 12 heavy (non-hydrogen) atoms. The summed E-state index contributed by atoms with van der Waals surface area (Å²) in [6.07, 6.45) is 0. The molecule has 6 heteroatoms. The van der Waals surface area contributed by atoms with Crippen LogP contribution in [0.3, 0.4) is 0 Å². The lowest BCUT2D eigenvalue weighted by atomic mass is 10.3. The molecule has 0 bridgehead atoms. The van der Waals surface area contributed by atoms with Crippen molar-refractivity contribution in [1.29, 1.82) is 0 Å². The Morgan fingerprint density at radius 2 is 1.83 bits per heavy atom. The molecule has 0 aromatic carbocycles. The lowest BCUT2D eigenvalue weighted by Gasteiger charge is -2.10. The van der Waals surface area contributed by atoms with Crippen molar-refractivity contribution in [3.63, 3.8) is 0 Å². The number of carbonyl (C=O) groups excluding carboxylic acids is 1. The Kier molecular flexibility index (Phi) is 6.64. The number of nitrogens with one attached hydrogen (secondary N) is 1. The Morgan fingerprint density at radius 1 is 1.42 bits per heavy atom. The Morgan fingerprint density at radius 3 is 2.08 bits per heavy atom. The largest absolute Gasteiger partial charge is 0.480 e. The molecule has 0 spiro atoms. The van der Waals surface area contributed by atoms with Gasteiger partial charge >= 0.3 is 5.97 Å². The number of carboxylic acid groups (broad SMARTS) is 1. The zero-order chi connectivity index (χ0) is 9.02. The van der Waals surface area contributed by atoms with E-state index in [0.717, 1.165) is 0 Å². The molecule has 72 valence electrons. The van der Waals surface area contributed by atoms with Gasteiger partial charge in [-0.3, -0.25) is 9.59 Å². The summed E-state index contributed by atoms with van der Waals surface area (Å²) in [4.78, 5) is 21.0. The van der Waals surface area contributed by atoms with Crippen molar-refractivity contribution in [1.82, 2.24) is 5.32 Å². The van der Waals surface area contributed by atoms with Gasteiger partial charge in [-0.1, -0.05) is 0 Å². The van der Waals surface area contributed by atoms with Gasteiger partial charge in [0.1, 0.15) is 6.04 Å². The molecule has 2 atom stereocenters. The highest BCUT2D eigenvalue weighted by atomic mass is 35.5. The smallest absolute Gasteiger partial charge is 0.325 e. The molecule has 0 aromatic rings. The van der Waals surface area contributed by atoms with Crippen LogP contribution in [0.5, 0.6) is 0 Å². The summed E-state index contributed by atoms with van der Waals surface area (Å²) < 4.78 is 0. The van der Waals surface area contributed by atoms with Gasteiger partial charge in [-0.2, -0.15) is 0 Å². The Hall–Kier alpha value is -0.810. The van der Waals surface area contributed by atoms with Crippen molar-refractivity contribution in [2.45, 2.75) is 25.9 Å². The summed E-state index contributed by atoms with van der Waals surface area (Å²) in [6.45, 7) is 2.87. The number of carboxylic acids is 1. The van der Waals surface area contributed by atoms with Crippen LogP contribution in [0, 0.1) is 0 Å². The van der Waals surface area contributed by atoms with E-state index in [1.807, 2.05) is 0 Å². The fourth-order valence-corrected chi connectivity index (χ4v) is 0.407. The van der Waals surface area contributed by atoms with Crippen molar-refractivity contribution in [2.24, 2.45) is 5.73 Å². The molecule has 0 saturated heterocycles. The van der Waals surface area contributed by atoms with Crippen molar-refractivity contribution in [2.75, 3.05) is 0 Å². The van der Waals surface area contributed by atoms with Crippen LogP contribution in [-0.4, -0.2) is 29.1 Å². The van der Waals surface area contributed by atoms with Gasteiger partial charge in [0.05, 0.1) is 6.04 Å². The van der Waals surface area contributed by atoms with Gasteiger partial charge in [0.15, 0.2) is 0 Å². The van der Waals surface area contributed by atoms with E-state index in [1.54, 1.807) is 0 Å². The Balaban J connectivity index is 0. The van der Waals surface area contributed by atoms with Crippen LogP contribution in [0.2, 0.25) is 0 Å². The Labute approximate surface area is 76.7 Å². The standard InChI is InChI=1S/C6H12N2O3.ClH/c1-3(7)5(9)8-4(2)6(10)11;/h3-4H,7H2,1-2H3,(H,8,9)(H,10,11);1H. The molecule has 0 aromatic heterocycles. The van der Waals surface area contributed by atoms with Gasteiger partial charge in [0, 0.05) is 0 Å². The van der Waals surface area contributed by atoms with Crippen molar-refractivity contribution >= 4 is 24.3 Å². The molecule has 0 rings (SSSR count). The van der Waals surface area contributed by atoms with Crippen LogP contribution < -0.4 is 11.1 Å². The van der Waals surface area contributed by atoms with Gasteiger partial charge in [-0.15, -0.1) is 12.4 Å². The van der Waals surface area contributed by atoms with E-state index in [0.29, 0.717) is 0 Å². The first-order valence-corrected chi connectivity index (χ1v) is 3.24. The van der Waals surface area contributed by atoms with Crippen LogP contribution in [0.1, 0.15) is 13.8 Å². The molecule has 0 aliphatic carbocycles. The molecule has 0 fully saturated rings. The molecule has 2 unspecified atom stereocenters. The van der Waals surface area contributed by atoms with Gasteiger partial charge < -0.3 is 16.2 Å². The fourth-order valence-electron chi connectivity index (χ4n) is 0.407. The molecule has 0 aliphatic heterocycles. The number of hydrogen-bond donors (Lipinski definition) is 3.